The minimum atomic E-state index is -0.263. The summed E-state index contributed by atoms with van der Waals surface area (Å²) in [7, 11) is 0. The van der Waals surface area contributed by atoms with Crippen molar-refractivity contribution in [2.24, 2.45) is 0 Å². The zero-order chi connectivity index (χ0) is 13.8. The number of benzene rings is 2. The van der Waals surface area contributed by atoms with Gasteiger partial charge in [0.2, 0.25) is 0 Å². The maximum Gasteiger partial charge on any atom is 0.338 e. The van der Waals surface area contributed by atoms with Crippen molar-refractivity contribution in [1.82, 2.24) is 0 Å². The van der Waals surface area contributed by atoms with Crippen LogP contribution in [-0.2, 0) is 11.3 Å². The van der Waals surface area contributed by atoms with E-state index in [9.17, 15) is 4.79 Å². The Kier molecular flexibility index (Phi) is 4.00. The monoisotopic (exact) mass is 254 g/mol. The number of rotatable bonds is 3. The van der Waals surface area contributed by atoms with Gasteiger partial charge in [-0.2, -0.15) is 0 Å². The van der Waals surface area contributed by atoms with Gasteiger partial charge in [-0.1, -0.05) is 42.0 Å². The van der Waals surface area contributed by atoms with Crippen molar-refractivity contribution >= 4 is 5.97 Å². The van der Waals surface area contributed by atoms with Gasteiger partial charge in [0.25, 0.3) is 0 Å². The Morgan fingerprint density at radius 3 is 2.42 bits per heavy atom. The molecular formula is C17H18O2. The van der Waals surface area contributed by atoms with Gasteiger partial charge in [0.15, 0.2) is 0 Å². The molecule has 2 heteroatoms. The minimum absolute atomic E-state index is 0.263. The Hall–Kier alpha value is -2.09. The molecule has 0 spiro atoms. The van der Waals surface area contributed by atoms with Crippen molar-refractivity contribution in [3.8, 4) is 0 Å². The number of esters is 1. The number of carbonyl (C=O) groups is 1. The van der Waals surface area contributed by atoms with E-state index in [4.69, 9.17) is 4.74 Å². The van der Waals surface area contributed by atoms with Crippen molar-refractivity contribution in [2.45, 2.75) is 27.4 Å². The summed E-state index contributed by atoms with van der Waals surface area (Å²) < 4.78 is 5.38. The van der Waals surface area contributed by atoms with Gasteiger partial charge < -0.3 is 4.74 Å². The predicted molar refractivity (Wildman–Crippen MR) is 76.2 cm³/mol. The highest BCUT2D eigenvalue weighted by atomic mass is 16.5. The summed E-state index contributed by atoms with van der Waals surface area (Å²) in [5.74, 6) is -0.263. The van der Waals surface area contributed by atoms with Crippen LogP contribution in [0.2, 0.25) is 0 Å². The highest BCUT2D eigenvalue weighted by Crippen LogP contribution is 2.14. The average Bonchev–Trinajstić information content (AvgIpc) is 2.37. The SMILES string of the molecule is Cc1ccc(C(=O)OCc2ccccc2C)c(C)c1. The Bertz CT molecular complexity index is 600. The number of hydrogen-bond acceptors (Lipinski definition) is 2. The molecule has 0 N–H and O–H groups in total. The van der Waals surface area contributed by atoms with Gasteiger partial charge >= 0.3 is 5.97 Å². The molecule has 2 nitrogen and oxygen atoms in total. The van der Waals surface area contributed by atoms with Gasteiger partial charge in [-0.25, -0.2) is 4.79 Å². The lowest BCUT2D eigenvalue weighted by Crippen LogP contribution is -2.07. The van der Waals surface area contributed by atoms with Gasteiger partial charge in [-0.05, 0) is 43.5 Å². The second kappa shape index (κ2) is 5.70. The van der Waals surface area contributed by atoms with Gasteiger partial charge in [0, 0.05) is 0 Å². The normalized spacial score (nSPS) is 10.3. The van der Waals surface area contributed by atoms with Gasteiger partial charge in [0.05, 0.1) is 5.56 Å². The molecule has 0 radical (unpaired) electrons. The highest BCUT2D eigenvalue weighted by molar-refractivity contribution is 5.91. The van der Waals surface area contributed by atoms with Crippen LogP contribution in [0.15, 0.2) is 42.5 Å². The van der Waals surface area contributed by atoms with E-state index < -0.39 is 0 Å². The first-order valence-electron chi connectivity index (χ1n) is 6.37. The number of aryl methyl sites for hydroxylation is 3. The van der Waals surface area contributed by atoms with Crippen molar-refractivity contribution in [1.29, 1.82) is 0 Å². The smallest absolute Gasteiger partial charge is 0.338 e. The van der Waals surface area contributed by atoms with Crippen molar-refractivity contribution in [3.05, 3.63) is 70.3 Å². The summed E-state index contributed by atoms with van der Waals surface area (Å²) in [6, 6.07) is 13.7. The molecule has 2 aromatic carbocycles. The standard InChI is InChI=1S/C17H18O2/c1-12-8-9-16(14(3)10-12)17(18)19-11-15-7-5-4-6-13(15)2/h4-10H,11H2,1-3H3. The van der Waals surface area contributed by atoms with Gasteiger partial charge in [0.1, 0.15) is 6.61 Å². The zero-order valence-electron chi connectivity index (χ0n) is 11.6. The number of ether oxygens (including phenoxy) is 1. The lowest BCUT2D eigenvalue weighted by Gasteiger charge is -2.09. The van der Waals surface area contributed by atoms with E-state index in [0.717, 1.165) is 22.3 Å². The highest BCUT2D eigenvalue weighted by Gasteiger charge is 2.10. The minimum Gasteiger partial charge on any atom is -0.457 e. The summed E-state index contributed by atoms with van der Waals surface area (Å²) >= 11 is 0. The van der Waals surface area contributed by atoms with E-state index in [1.807, 2.05) is 63.2 Å². The lowest BCUT2D eigenvalue weighted by atomic mass is 10.1. The number of hydrogen-bond donors (Lipinski definition) is 0. The Morgan fingerprint density at radius 2 is 1.74 bits per heavy atom. The molecule has 0 bridgehead atoms. The summed E-state index contributed by atoms with van der Waals surface area (Å²) in [4.78, 5) is 12.0. The third-order valence-electron chi connectivity index (χ3n) is 3.22. The third-order valence-corrected chi connectivity index (χ3v) is 3.22. The van der Waals surface area contributed by atoms with Crippen LogP contribution >= 0.6 is 0 Å². The molecule has 0 aromatic heterocycles. The molecule has 0 aliphatic rings. The van der Waals surface area contributed by atoms with E-state index in [2.05, 4.69) is 0 Å². The lowest BCUT2D eigenvalue weighted by molar-refractivity contribution is 0.0471. The van der Waals surface area contributed by atoms with Crippen LogP contribution in [-0.4, -0.2) is 5.97 Å². The van der Waals surface area contributed by atoms with Crippen molar-refractivity contribution < 1.29 is 9.53 Å². The van der Waals surface area contributed by atoms with Gasteiger partial charge in [-0.3, -0.25) is 0 Å². The molecule has 98 valence electrons. The fraction of sp³-hybridized carbons (Fsp3) is 0.235. The van der Waals surface area contributed by atoms with Crippen molar-refractivity contribution in [2.75, 3.05) is 0 Å². The van der Waals surface area contributed by atoms with Crippen LogP contribution in [0.1, 0.15) is 32.6 Å². The average molecular weight is 254 g/mol. The molecule has 0 saturated heterocycles. The second-order valence-corrected chi connectivity index (χ2v) is 4.82. The van der Waals surface area contributed by atoms with E-state index in [1.165, 1.54) is 0 Å². The van der Waals surface area contributed by atoms with E-state index >= 15 is 0 Å². The fourth-order valence-electron chi connectivity index (χ4n) is 2.04. The van der Waals surface area contributed by atoms with E-state index in [1.54, 1.807) is 0 Å². The first-order chi connectivity index (χ1) is 9.08. The Labute approximate surface area is 114 Å². The topological polar surface area (TPSA) is 26.3 Å². The quantitative estimate of drug-likeness (QED) is 0.775. The number of carbonyl (C=O) groups excluding carboxylic acids is 1. The summed E-state index contributed by atoms with van der Waals surface area (Å²) in [6.07, 6.45) is 0. The molecule has 0 saturated carbocycles. The maximum absolute atomic E-state index is 12.0. The molecule has 0 aliphatic heterocycles. The first kappa shape index (κ1) is 13.3. The maximum atomic E-state index is 12.0. The van der Waals surface area contributed by atoms with Crippen molar-refractivity contribution in [3.63, 3.8) is 0 Å². The van der Waals surface area contributed by atoms with E-state index in [0.29, 0.717) is 12.2 Å². The molecule has 0 aliphatic carbocycles. The molecule has 0 amide bonds. The van der Waals surface area contributed by atoms with Crippen LogP contribution in [0, 0.1) is 20.8 Å². The van der Waals surface area contributed by atoms with E-state index in [-0.39, 0.29) is 5.97 Å². The Balaban J connectivity index is 2.08. The summed E-state index contributed by atoms with van der Waals surface area (Å²) in [5, 5.41) is 0. The van der Waals surface area contributed by atoms with Gasteiger partial charge in [-0.15, -0.1) is 0 Å². The van der Waals surface area contributed by atoms with Crippen LogP contribution in [0.4, 0.5) is 0 Å². The Morgan fingerprint density at radius 1 is 1.00 bits per heavy atom. The van der Waals surface area contributed by atoms with Crippen LogP contribution in [0.5, 0.6) is 0 Å². The molecule has 0 heterocycles. The summed E-state index contributed by atoms with van der Waals surface area (Å²) in [5.41, 5.74) is 4.92. The summed E-state index contributed by atoms with van der Waals surface area (Å²) in [6.45, 7) is 6.27. The third kappa shape index (κ3) is 3.22. The van der Waals surface area contributed by atoms with Crippen LogP contribution < -0.4 is 0 Å². The van der Waals surface area contributed by atoms with Crippen LogP contribution in [0.3, 0.4) is 0 Å². The zero-order valence-corrected chi connectivity index (χ0v) is 11.6. The molecule has 2 rings (SSSR count). The molecule has 2 aromatic rings. The second-order valence-electron chi connectivity index (χ2n) is 4.82. The fourth-order valence-corrected chi connectivity index (χ4v) is 2.04. The van der Waals surface area contributed by atoms with Crippen LogP contribution in [0.25, 0.3) is 0 Å². The predicted octanol–water partition coefficient (Wildman–Crippen LogP) is 3.97. The first-order valence-corrected chi connectivity index (χ1v) is 6.37. The molecule has 19 heavy (non-hydrogen) atoms. The molecule has 0 unspecified atom stereocenters. The molecule has 0 fully saturated rings. The largest absolute Gasteiger partial charge is 0.457 e. The molecular weight excluding hydrogens is 236 g/mol. The molecule has 0 atom stereocenters.